The van der Waals surface area contributed by atoms with Gasteiger partial charge in [-0.1, -0.05) is 6.92 Å². The van der Waals surface area contributed by atoms with Gasteiger partial charge in [-0.05, 0) is 24.1 Å². The van der Waals surface area contributed by atoms with Crippen molar-refractivity contribution >= 4 is 5.97 Å². The highest BCUT2D eigenvalue weighted by atomic mass is 19.1. The lowest BCUT2D eigenvalue weighted by molar-refractivity contribution is -0.141. The van der Waals surface area contributed by atoms with Gasteiger partial charge in [0.1, 0.15) is 0 Å². The fourth-order valence-electron chi connectivity index (χ4n) is 1.37. The van der Waals surface area contributed by atoms with Crippen molar-refractivity contribution < 1.29 is 23.4 Å². The highest BCUT2D eigenvalue weighted by molar-refractivity contribution is 5.69. The lowest BCUT2D eigenvalue weighted by Crippen LogP contribution is -2.12. The van der Waals surface area contributed by atoms with Crippen molar-refractivity contribution in [3.63, 3.8) is 0 Å². The first kappa shape index (κ1) is 12.4. The molecule has 5 heteroatoms. The van der Waals surface area contributed by atoms with E-state index in [0.717, 1.165) is 12.1 Å². The number of carboxylic acids is 1. The molecule has 0 aliphatic heterocycles. The van der Waals surface area contributed by atoms with Crippen molar-refractivity contribution in [2.45, 2.75) is 13.3 Å². The third-order valence-electron chi connectivity index (χ3n) is 2.23. The monoisotopic (exact) mass is 230 g/mol. The van der Waals surface area contributed by atoms with Gasteiger partial charge in [0, 0.05) is 0 Å². The summed E-state index contributed by atoms with van der Waals surface area (Å²) in [7, 11) is 1.17. The number of benzene rings is 1. The normalized spacial score (nSPS) is 12.2. The van der Waals surface area contributed by atoms with Gasteiger partial charge in [0.2, 0.25) is 0 Å². The molecule has 0 bridgehead atoms. The van der Waals surface area contributed by atoms with Crippen molar-refractivity contribution in [2.24, 2.45) is 5.92 Å². The lowest BCUT2D eigenvalue weighted by Gasteiger charge is -2.09. The summed E-state index contributed by atoms with van der Waals surface area (Å²) < 4.78 is 31.0. The molecule has 3 nitrogen and oxygen atoms in total. The number of hydrogen-bond donors (Lipinski definition) is 1. The molecule has 0 aromatic heterocycles. The summed E-state index contributed by atoms with van der Waals surface area (Å²) in [5.41, 5.74) is 0.297. The molecule has 0 saturated heterocycles. The average Bonchev–Trinajstić information content (AvgIpc) is 2.16. The maximum Gasteiger partial charge on any atom is 0.306 e. The van der Waals surface area contributed by atoms with Crippen LogP contribution in [0, 0.1) is 17.6 Å². The summed E-state index contributed by atoms with van der Waals surface area (Å²) in [6.45, 7) is 1.47. The molecule has 0 amide bonds. The number of aliphatic carboxylic acids is 1. The van der Waals surface area contributed by atoms with E-state index in [1.807, 2.05) is 0 Å². The predicted molar refractivity (Wildman–Crippen MR) is 53.4 cm³/mol. The largest absolute Gasteiger partial charge is 0.491 e. The first-order chi connectivity index (χ1) is 7.45. The van der Waals surface area contributed by atoms with E-state index in [1.54, 1.807) is 0 Å². The highest BCUT2D eigenvalue weighted by Gasteiger charge is 2.16. The van der Waals surface area contributed by atoms with Gasteiger partial charge in [0.05, 0.1) is 13.0 Å². The van der Waals surface area contributed by atoms with Gasteiger partial charge in [-0.2, -0.15) is 0 Å². The standard InChI is InChI=1S/C11H12F2O3/c1-6(11(14)15)3-7-4-8(12)10(16-2)9(13)5-7/h4-6H,3H2,1-2H3,(H,14,15). The van der Waals surface area contributed by atoms with Crippen LogP contribution in [0.3, 0.4) is 0 Å². The highest BCUT2D eigenvalue weighted by Crippen LogP contribution is 2.24. The second kappa shape index (κ2) is 4.92. The van der Waals surface area contributed by atoms with Crippen molar-refractivity contribution in [1.29, 1.82) is 0 Å². The molecule has 0 saturated carbocycles. The number of carbonyl (C=O) groups is 1. The molecule has 1 atom stereocenters. The number of halogens is 2. The molecule has 0 heterocycles. The Morgan fingerprint density at radius 2 is 1.94 bits per heavy atom. The van der Waals surface area contributed by atoms with Crippen molar-refractivity contribution in [1.82, 2.24) is 0 Å². The average molecular weight is 230 g/mol. The first-order valence-corrected chi connectivity index (χ1v) is 4.70. The molecular formula is C11H12F2O3. The molecule has 0 aliphatic rings. The van der Waals surface area contributed by atoms with Crippen LogP contribution in [0.4, 0.5) is 8.78 Å². The van der Waals surface area contributed by atoms with Gasteiger partial charge < -0.3 is 9.84 Å². The topological polar surface area (TPSA) is 46.5 Å². The summed E-state index contributed by atoms with van der Waals surface area (Å²) in [5.74, 6) is -3.79. The van der Waals surface area contributed by atoms with E-state index >= 15 is 0 Å². The molecule has 0 radical (unpaired) electrons. The molecule has 1 rings (SSSR count). The zero-order chi connectivity index (χ0) is 12.3. The Kier molecular flexibility index (Phi) is 3.82. The summed E-state index contributed by atoms with van der Waals surface area (Å²) in [6.07, 6.45) is 0.0766. The van der Waals surface area contributed by atoms with Crippen LogP contribution in [-0.4, -0.2) is 18.2 Å². The molecule has 0 spiro atoms. The van der Waals surface area contributed by atoms with Gasteiger partial charge in [0.25, 0.3) is 0 Å². The minimum Gasteiger partial charge on any atom is -0.491 e. The van der Waals surface area contributed by atoms with Gasteiger partial charge >= 0.3 is 5.97 Å². The maximum atomic E-state index is 13.3. The molecule has 1 unspecified atom stereocenters. The second-order valence-corrected chi connectivity index (χ2v) is 3.54. The van der Waals surface area contributed by atoms with Gasteiger partial charge in [-0.3, -0.25) is 4.79 Å². The van der Waals surface area contributed by atoms with Crippen LogP contribution in [0.1, 0.15) is 12.5 Å². The van der Waals surface area contributed by atoms with Crippen LogP contribution in [0.5, 0.6) is 5.75 Å². The quantitative estimate of drug-likeness (QED) is 0.862. The van der Waals surface area contributed by atoms with Crippen molar-refractivity contribution in [2.75, 3.05) is 7.11 Å². The molecule has 88 valence electrons. The fraction of sp³-hybridized carbons (Fsp3) is 0.364. The maximum absolute atomic E-state index is 13.3. The van der Waals surface area contributed by atoms with Crippen LogP contribution in [-0.2, 0) is 11.2 Å². The first-order valence-electron chi connectivity index (χ1n) is 4.70. The molecule has 16 heavy (non-hydrogen) atoms. The third kappa shape index (κ3) is 2.68. The Bertz CT molecular complexity index is 381. The van der Waals surface area contributed by atoms with Crippen LogP contribution < -0.4 is 4.74 Å². The lowest BCUT2D eigenvalue weighted by atomic mass is 10.0. The summed E-state index contributed by atoms with van der Waals surface area (Å²) in [4.78, 5) is 10.6. The Morgan fingerprint density at radius 3 is 2.31 bits per heavy atom. The molecule has 1 aromatic rings. The molecule has 0 aliphatic carbocycles. The van der Waals surface area contributed by atoms with Crippen molar-refractivity contribution in [3.05, 3.63) is 29.3 Å². The van der Waals surface area contributed by atoms with Gasteiger partial charge in [0.15, 0.2) is 17.4 Å². The van der Waals surface area contributed by atoms with E-state index in [2.05, 4.69) is 4.74 Å². The van der Waals surface area contributed by atoms with Crippen LogP contribution >= 0.6 is 0 Å². The Hall–Kier alpha value is -1.65. The van der Waals surface area contributed by atoms with Crippen molar-refractivity contribution in [3.8, 4) is 5.75 Å². The van der Waals surface area contributed by atoms with Gasteiger partial charge in [-0.15, -0.1) is 0 Å². The number of rotatable bonds is 4. The second-order valence-electron chi connectivity index (χ2n) is 3.54. The van der Waals surface area contributed by atoms with Crippen LogP contribution in [0.15, 0.2) is 12.1 Å². The predicted octanol–water partition coefficient (Wildman–Crippen LogP) is 2.24. The number of hydrogen-bond acceptors (Lipinski definition) is 2. The Morgan fingerprint density at radius 1 is 1.44 bits per heavy atom. The summed E-state index contributed by atoms with van der Waals surface area (Å²) >= 11 is 0. The number of ether oxygens (including phenoxy) is 1. The van der Waals surface area contributed by atoms with E-state index in [4.69, 9.17) is 5.11 Å². The molecule has 1 N–H and O–H groups in total. The van der Waals surface area contributed by atoms with Gasteiger partial charge in [-0.25, -0.2) is 8.78 Å². The van der Waals surface area contributed by atoms with E-state index in [1.165, 1.54) is 14.0 Å². The van der Waals surface area contributed by atoms with E-state index in [-0.39, 0.29) is 6.42 Å². The minimum absolute atomic E-state index is 0.0766. The smallest absolute Gasteiger partial charge is 0.306 e. The Labute approximate surface area is 91.7 Å². The van der Waals surface area contributed by atoms with E-state index in [9.17, 15) is 13.6 Å². The zero-order valence-electron chi connectivity index (χ0n) is 8.96. The molecule has 1 aromatic carbocycles. The summed E-state index contributed by atoms with van der Waals surface area (Å²) in [5, 5.41) is 8.67. The number of methoxy groups -OCH3 is 1. The number of carboxylic acid groups (broad SMARTS) is 1. The SMILES string of the molecule is COc1c(F)cc(CC(C)C(=O)O)cc1F. The Balaban J connectivity index is 2.96. The van der Waals surface area contributed by atoms with E-state index < -0.39 is 29.3 Å². The summed E-state index contributed by atoms with van der Waals surface area (Å²) in [6, 6.07) is 2.17. The van der Waals surface area contributed by atoms with Crippen LogP contribution in [0.25, 0.3) is 0 Å². The molecular weight excluding hydrogens is 218 g/mol. The fourth-order valence-corrected chi connectivity index (χ4v) is 1.37. The molecule has 0 fully saturated rings. The van der Waals surface area contributed by atoms with Crippen LogP contribution in [0.2, 0.25) is 0 Å². The third-order valence-corrected chi connectivity index (χ3v) is 2.23. The van der Waals surface area contributed by atoms with E-state index in [0.29, 0.717) is 5.56 Å². The minimum atomic E-state index is -1.00. The zero-order valence-corrected chi connectivity index (χ0v) is 8.96.